The molecule has 257 valence electrons. The Morgan fingerprint density at radius 3 is 0.830 bits per heavy atom. The molecule has 0 aliphatic heterocycles. The number of aromatic nitrogens is 4. The molecule has 0 amide bonds. The molecule has 6 aromatic carbocycles. The maximum Gasteiger partial charge on any atom is 3.00 e. The molecular weight excluding hydrogens is 738 g/mol. The van der Waals surface area contributed by atoms with Crippen LogP contribution in [0.15, 0.2) is 194 Å². The van der Waals surface area contributed by atoms with Crippen LogP contribution >= 0.6 is 0 Å². The van der Waals surface area contributed by atoms with E-state index in [0.717, 1.165) is 67.5 Å². The molecule has 0 spiro atoms. The standard InChI is InChI=1S/2C22H16N2.C2H6N2.Ru/c2*1-4-10-17(11-5-1)20-16-23-21(18-12-6-2-7-13-18)22(24-20)19-14-8-3-9-15-19;1-2(3)4;/h2*1-16H;1H3,(H3,3,4);/q;;;+3. The molecule has 0 aliphatic carbocycles. The van der Waals surface area contributed by atoms with Crippen molar-refractivity contribution in [2.75, 3.05) is 0 Å². The first-order chi connectivity index (χ1) is 25.6. The molecule has 53 heavy (non-hydrogen) atoms. The second-order valence-corrected chi connectivity index (χ2v) is 11.8. The number of amidine groups is 1. The Morgan fingerprint density at radius 1 is 0.377 bits per heavy atom. The zero-order chi connectivity index (χ0) is 36.0. The Bertz CT molecular complexity index is 2140. The van der Waals surface area contributed by atoms with E-state index in [9.17, 15) is 0 Å². The summed E-state index contributed by atoms with van der Waals surface area (Å²) in [7, 11) is 0. The molecule has 2 heterocycles. The first kappa shape index (κ1) is 37.8. The van der Waals surface area contributed by atoms with Crippen LogP contribution in [0.25, 0.3) is 67.5 Å². The molecule has 0 fully saturated rings. The van der Waals surface area contributed by atoms with Gasteiger partial charge in [0, 0.05) is 33.4 Å². The van der Waals surface area contributed by atoms with E-state index in [-0.39, 0.29) is 25.3 Å². The molecule has 7 heteroatoms. The second kappa shape index (κ2) is 19.3. The predicted molar refractivity (Wildman–Crippen MR) is 214 cm³/mol. The number of hydrogen-bond acceptors (Lipinski definition) is 5. The van der Waals surface area contributed by atoms with Crippen molar-refractivity contribution in [3.05, 3.63) is 194 Å². The number of nitrogens with one attached hydrogen (secondary N) is 1. The average molecular weight is 776 g/mol. The van der Waals surface area contributed by atoms with Crippen molar-refractivity contribution in [2.24, 2.45) is 5.73 Å². The van der Waals surface area contributed by atoms with Crippen LogP contribution in [-0.4, -0.2) is 25.8 Å². The second-order valence-electron chi connectivity index (χ2n) is 11.8. The minimum absolute atomic E-state index is 0. The van der Waals surface area contributed by atoms with Crippen LogP contribution in [0.2, 0.25) is 0 Å². The molecule has 8 aromatic rings. The zero-order valence-corrected chi connectivity index (χ0v) is 30.9. The molecule has 0 saturated heterocycles. The first-order valence-electron chi connectivity index (χ1n) is 16.9. The zero-order valence-electron chi connectivity index (χ0n) is 29.2. The monoisotopic (exact) mass is 776 g/mol. The molecule has 0 aliphatic rings. The van der Waals surface area contributed by atoms with Gasteiger partial charge in [0.25, 0.3) is 0 Å². The Balaban J connectivity index is 0.000000183. The minimum atomic E-state index is 0. The summed E-state index contributed by atoms with van der Waals surface area (Å²) in [6.45, 7) is 1.53. The van der Waals surface area contributed by atoms with Crippen molar-refractivity contribution in [2.45, 2.75) is 6.92 Å². The molecule has 0 bridgehead atoms. The van der Waals surface area contributed by atoms with Crippen LogP contribution < -0.4 is 5.73 Å². The summed E-state index contributed by atoms with van der Waals surface area (Å²) in [5.74, 6) is 0.167. The molecule has 0 atom stereocenters. The van der Waals surface area contributed by atoms with Crippen LogP contribution in [0, 0.1) is 5.41 Å². The fourth-order valence-electron chi connectivity index (χ4n) is 5.48. The van der Waals surface area contributed by atoms with E-state index in [0.29, 0.717) is 0 Å². The average Bonchev–Trinajstić information content (AvgIpc) is 3.22. The first-order valence-corrected chi connectivity index (χ1v) is 16.9. The van der Waals surface area contributed by atoms with E-state index in [1.54, 1.807) is 0 Å². The summed E-state index contributed by atoms with van der Waals surface area (Å²) in [5, 5.41) is 6.28. The third kappa shape index (κ3) is 10.3. The van der Waals surface area contributed by atoms with Gasteiger partial charge in [-0.1, -0.05) is 182 Å². The third-order valence-electron chi connectivity index (χ3n) is 7.87. The van der Waals surface area contributed by atoms with Gasteiger partial charge in [-0.2, -0.15) is 0 Å². The minimum Gasteiger partial charge on any atom is -0.388 e. The molecule has 6 nitrogen and oxygen atoms in total. The van der Waals surface area contributed by atoms with Crippen LogP contribution in [0.1, 0.15) is 6.92 Å². The van der Waals surface area contributed by atoms with Gasteiger partial charge < -0.3 is 5.73 Å². The van der Waals surface area contributed by atoms with E-state index in [1.807, 2.05) is 122 Å². The summed E-state index contributed by atoms with van der Waals surface area (Å²) in [6.07, 6.45) is 3.70. The third-order valence-corrected chi connectivity index (χ3v) is 7.87. The van der Waals surface area contributed by atoms with E-state index in [4.69, 9.17) is 31.1 Å². The topological polar surface area (TPSA) is 101 Å². The van der Waals surface area contributed by atoms with E-state index in [1.165, 1.54) is 6.92 Å². The molecule has 1 radical (unpaired) electrons. The quantitative estimate of drug-likeness (QED) is 0.0995. The van der Waals surface area contributed by atoms with Crippen LogP contribution in [0.5, 0.6) is 0 Å². The van der Waals surface area contributed by atoms with Crippen molar-refractivity contribution in [3.63, 3.8) is 0 Å². The normalized spacial score (nSPS) is 9.98. The van der Waals surface area contributed by atoms with Crippen LogP contribution in [-0.2, 0) is 19.5 Å². The summed E-state index contributed by atoms with van der Waals surface area (Å²) in [4.78, 5) is 19.3. The van der Waals surface area contributed by atoms with E-state index >= 15 is 0 Å². The predicted octanol–water partition coefficient (Wildman–Crippen LogP) is 10.9. The van der Waals surface area contributed by atoms with Crippen molar-refractivity contribution in [3.8, 4) is 67.5 Å². The smallest absolute Gasteiger partial charge is 0.388 e. The van der Waals surface area contributed by atoms with Gasteiger partial charge in [-0.15, -0.1) is 0 Å². The summed E-state index contributed by atoms with van der Waals surface area (Å²) >= 11 is 0. The number of nitrogens with zero attached hydrogens (tertiary/aromatic N) is 4. The summed E-state index contributed by atoms with van der Waals surface area (Å²) in [6, 6.07) is 61.1. The van der Waals surface area contributed by atoms with E-state index < -0.39 is 0 Å². The van der Waals surface area contributed by atoms with Crippen molar-refractivity contribution >= 4 is 5.84 Å². The number of hydrogen-bond donors (Lipinski definition) is 2. The maximum absolute atomic E-state index is 6.28. The van der Waals surface area contributed by atoms with Crippen molar-refractivity contribution in [1.82, 2.24) is 19.9 Å². The van der Waals surface area contributed by atoms with Gasteiger partial charge >= 0.3 is 19.5 Å². The van der Waals surface area contributed by atoms with Gasteiger partial charge in [-0.05, 0) is 6.92 Å². The van der Waals surface area contributed by atoms with E-state index in [2.05, 4.69) is 72.8 Å². The summed E-state index contributed by atoms with van der Waals surface area (Å²) in [5.41, 5.74) is 16.5. The molecule has 2 aromatic heterocycles. The molecule has 0 saturated carbocycles. The van der Waals surface area contributed by atoms with Crippen LogP contribution in [0.3, 0.4) is 0 Å². The van der Waals surface area contributed by atoms with Crippen molar-refractivity contribution in [1.29, 1.82) is 5.41 Å². The Morgan fingerprint density at radius 2 is 0.585 bits per heavy atom. The number of nitrogens with two attached hydrogens (primary N) is 1. The van der Waals surface area contributed by atoms with Gasteiger partial charge in [-0.25, -0.2) is 9.97 Å². The maximum atomic E-state index is 6.28. The Kier molecular flexibility index (Phi) is 13.7. The van der Waals surface area contributed by atoms with Gasteiger partial charge in [0.2, 0.25) is 0 Å². The molecular formula is C46H38N6Ru+3. The fourth-order valence-corrected chi connectivity index (χ4v) is 5.48. The van der Waals surface area contributed by atoms with Crippen LogP contribution in [0.4, 0.5) is 0 Å². The number of rotatable bonds is 6. The fraction of sp³-hybridized carbons (Fsp3) is 0.0217. The number of benzene rings is 6. The molecule has 8 rings (SSSR count). The van der Waals surface area contributed by atoms with Gasteiger partial charge in [0.05, 0.1) is 52.4 Å². The largest absolute Gasteiger partial charge is 3.00 e. The SMILES string of the molecule is CC(=N)N.[Ru+3].c1ccc(-c2cnc(-c3ccccc3)c(-c3ccccc3)n2)cc1.c1ccc(-c2cnc(-c3ccccc3)c(-c3ccccc3)n2)cc1. The van der Waals surface area contributed by atoms with Gasteiger partial charge in [0.1, 0.15) is 0 Å². The van der Waals surface area contributed by atoms with Gasteiger partial charge in [-0.3, -0.25) is 15.4 Å². The Hall–Kier alpha value is -6.43. The molecule has 3 N–H and O–H groups in total. The van der Waals surface area contributed by atoms with Gasteiger partial charge in [0.15, 0.2) is 0 Å². The van der Waals surface area contributed by atoms with Crippen molar-refractivity contribution < 1.29 is 19.5 Å². The Labute approximate surface area is 323 Å². The molecule has 0 unspecified atom stereocenters. The summed E-state index contributed by atoms with van der Waals surface area (Å²) < 4.78 is 0.